The lowest BCUT2D eigenvalue weighted by molar-refractivity contribution is 0.660. The fourth-order valence-electron chi connectivity index (χ4n) is 9.84. The summed E-state index contributed by atoms with van der Waals surface area (Å²) in [5.74, 6) is 0. The fraction of sp³-hybridized carbons (Fsp3) is 0.0492. The Morgan fingerprint density at radius 1 is 0.306 bits per heavy atom. The first-order valence-corrected chi connectivity index (χ1v) is 21.6. The third-order valence-corrected chi connectivity index (χ3v) is 12.9. The fourth-order valence-corrected chi connectivity index (χ4v) is 9.84. The zero-order valence-corrected chi connectivity index (χ0v) is 35.0. The Bertz CT molecular complexity index is 3230. The Labute approximate surface area is 364 Å². The molecule has 0 aromatic heterocycles. The van der Waals surface area contributed by atoms with Gasteiger partial charge in [0.25, 0.3) is 0 Å². The van der Waals surface area contributed by atoms with Crippen LogP contribution in [0.1, 0.15) is 25.0 Å². The Kier molecular flexibility index (Phi) is 9.24. The minimum absolute atomic E-state index is 0.0902. The van der Waals surface area contributed by atoms with Crippen molar-refractivity contribution in [1.29, 1.82) is 0 Å². The highest BCUT2D eigenvalue weighted by Gasteiger charge is 2.36. The van der Waals surface area contributed by atoms with E-state index >= 15 is 0 Å². The number of hydrogen-bond donors (Lipinski definition) is 0. The maximum atomic E-state index is 2.48. The van der Waals surface area contributed by atoms with Crippen molar-refractivity contribution in [2.75, 3.05) is 4.90 Å². The lowest BCUT2D eigenvalue weighted by atomic mass is 9.82. The maximum absolute atomic E-state index is 2.48. The number of anilines is 3. The minimum Gasteiger partial charge on any atom is -0.310 e. The number of rotatable bonds is 8. The second-order valence-corrected chi connectivity index (χ2v) is 16.9. The van der Waals surface area contributed by atoms with Crippen molar-refractivity contribution in [3.63, 3.8) is 0 Å². The van der Waals surface area contributed by atoms with Crippen molar-refractivity contribution in [2.45, 2.75) is 19.3 Å². The molecule has 62 heavy (non-hydrogen) atoms. The summed E-state index contributed by atoms with van der Waals surface area (Å²) < 4.78 is 0. The molecule has 0 N–H and O–H groups in total. The molecule has 1 heteroatoms. The van der Waals surface area contributed by atoms with Gasteiger partial charge in [0.2, 0.25) is 0 Å². The molecule has 0 spiro atoms. The molecule has 0 saturated heterocycles. The van der Waals surface area contributed by atoms with E-state index in [2.05, 4.69) is 255 Å². The van der Waals surface area contributed by atoms with Gasteiger partial charge in [-0.15, -0.1) is 0 Å². The summed E-state index contributed by atoms with van der Waals surface area (Å²) in [6.07, 6.45) is 0. The molecular formula is C61H45N. The van der Waals surface area contributed by atoms with Crippen molar-refractivity contribution in [3.05, 3.63) is 248 Å². The number of fused-ring (bicyclic) bond motifs is 4. The maximum Gasteiger partial charge on any atom is 0.0546 e. The summed E-state index contributed by atoms with van der Waals surface area (Å²) in [6.45, 7) is 4.70. The van der Waals surface area contributed by atoms with Gasteiger partial charge in [-0.25, -0.2) is 0 Å². The molecule has 1 nitrogen and oxygen atoms in total. The van der Waals surface area contributed by atoms with Crippen molar-refractivity contribution in [3.8, 4) is 66.8 Å². The lowest BCUT2D eigenvalue weighted by Gasteiger charge is -2.31. The summed E-state index contributed by atoms with van der Waals surface area (Å²) in [4.78, 5) is 2.48. The van der Waals surface area contributed by atoms with Crippen LogP contribution in [-0.2, 0) is 5.41 Å². The summed E-state index contributed by atoms with van der Waals surface area (Å²) in [6, 6.07) is 86.7. The smallest absolute Gasteiger partial charge is 0.0546 e. The molecule has 294 valence electrons. The van der Waals surface area contributed by atoms with E-state index in [1.165, 1.54) is 88.7 Å². The zero-order chi connectivity index (χ0) is 41.6. The van der Waals surface area contributed by atoms with E-state index in [9.17, 15) is 0 Å². The molecule has 0 aliphatic heterocycles. The first kappa shape index (κ1) is 37.3. The van der Waals surface area contributed by atoms with Crippen molar-refractivity contribution in [2.24, 2.45) is 0 Å². The van der Waals surface area contributed by atoms with E-state index in [4.69, 9.17) is 0 Å². The molecule has 10 aromatic rings. The molecular weight excluding hydrogens is 747 g/mol. The normalized spacial score (nSPS) is 12.5. The minimum atomic E-state index is -0.0902. The van der Waals surface area contributed by atoms with Crippen molar-refractivity contribution < 1.29 is 0 Å². The second-order valence-electron chi connectivity index (χ2n) is 16.9. The first-order valence-electron chi connectivity index (χ1n) is 21.6. The van der Waals surface area contributed by atoms with E-state index in [1.807, 2.05) is 0 Å². The van der Waals surface area contributed by atoms with Gasteiger partial charge >= 0.3 is 0 Å². The molecule has 1 aliphatic carbocycles. The van der Waals surface area contributed by atoms with Crippen LogP contribution in [0.15, 0.2) is 237 Å². The lowest BCUT2D eigenvalue weighted by Crippen LogP contribution is -2.15. The van der Waals surface area contributed by atoms with Gasteiger partial charge in [0.05, 0.1) is 5.69 Å². The van der Waals surface area contributed by atoms with Gasteiger partial charge in [0.1, 0.15) is 0 Å². The van der Waals surface area contributed by atoms with E-state index < -0.39 is 0 Å². The van der Waals surface area contributed by atoms with Gasteiger partial charge in [0, 0.05) is 22.4 Å². The highest BCUT2D eigenvalue weighted by molar-refractivity contribution is 6.02. The molecule has 0 atom stereocenters. The van der Waals surface area contributed by atoms with Gasteiger partial charge in [-0.3, -0.25) is 0 Å². The predicted molar refractivity (Wildman–Crippen MR) is 263 cm³/mol. The number of hydrogen-bond acceptors (Lipinski definition) is 1. The second kappa shape index (κ2) is 15.4. The standard InChI is InChI=1S/C61H45N/c1-61(2)57-29-14-13-25-54(57)56-41-49(39-40-58(56)61)62(48-37-35-43(36-38-48)42-31-33-47(34-32-42)51-27-15-22-45-21-9-10-23-50(45)51)59-30-16-28-53(46-19-7-4-8-20-46)60(59)55-26-12-11-24-52(55)44-17-5-3-6-18-44/h3-41H,1-2H3. The van der Waals surface area contributed by atoms with Crippen LogP contribution in [0.5, 0.6) is 0 Å². The Morgan fingerprint density at radius 2 is 0.790 bits per heavy atom. The van der Waals surface area contributed by atoms with Crippen LogP contribution < -0.4 is 4.90 Å². The summed E-state index contributed by atoms with van der Waals surface area (Å²) in [5, 5.41) is 2.53. The molecule has 11 rings (SSSR count). The monoisotopic (exact) mass is 791 g/mol. The van der Waals surface area contributed by atoms with Crippen LogP contribution in [0.25, 0.3) is 77.5 Å². The molecule has 0 radical (unpaired) electrons. The third-order valence-electron chi connectivity index (χ3n) is 12.9. The van der Waals surface area contributed by atoms with Crippen LogP contribution in [0, 0.1) is 0 Å². The van der Waals surface area contributed by atoms with Crippen molar-refractivity contribution >= 4 is 27.8 Å². The SMILES string of the molecule is CC1(C)c2ccccc2-c2cc(N(c3ccc(-c4ccc(-c5cccc6ccccc56)cc4)cc3)c3cccc(-c4ccccc4)c3-c3ccccc3-c3ccccc3)ccc21. The Balaban J connectivity index is 1.09. The quantitative estimate of drug-likeness (QED) is 0.148. The van der Waals surface area contributed by atoms with Crippen LogP contribution in [0.3, 0.4) is 0 Å². The van der Waals surface area contributed by atoms with Gasteiger partial charge < -0.3 is 4.90 Å². The number of nitrogens with zero attached hydrogens (tertiary/aromatic N) is 1. The van der Waals surface area contributed by atoms with E-state index in [1.54, 1.807) is 0 Å². The summed E-state index contributed by atoms with van der Waals surface area (Å²) >= 11 is 0. The predicted octanol–water partition coefficient (Wildman–Crippen LogP) is 17.0. The molecule has 10 aromatic carbocycles. The molecule has 0 amide bonds. The van der Waals surface area contributed by atoms with Crippen LogP contribution in [-0.4, -0.2) is 0 Å². The van der Waals surface area contributed by atoms with Crippen LogP contribution >= 0.6 is 0 Å². The van der Waals surface area contributed by atoms with E-state index in [0.717, 1.165) is 17.1 Å². The van der Waals surface area contributed by atoms with E-state index in [0.29, 0.717) is 0 Å². The van der Waals surface area contributed by atoms with Gasteiger partial charge in [-0.1, -0.05) is 220 Å². The zero-order valence-electron chi connectivity index (χ0n) is 35.0. The number of benzene rings is 10. The van der Waals surface area contributed by atoms with Crippen molar-refractivity contribution in [1.82, 2.24) is 0 Å². The van der Waals surface area contributed by atoms with Gasteiger partial charge in [-0.2, -0.15) is 0 Å². The van der Waals surface area contributed by atoms with Crippen LogP contribution in [0.2, 0.25) is 0 Å². The highest BCUT2D eigenvalue weighted by Crippen LogP contribution is 2.53. The first-order chi connectivity index (χ1) is 30.5. The third kappa shape index (κ3) is 6.42. The van der Waals surface area contributed by atoms with Crippen LogP contribution in [0.4, 0.5) is 17.1 Å². The largest absolute Gasteiger partial charge is 0.310 e. The molecule has 0 heterocycles. The Hall–Kier alpha value is -7.74. The van der Waals surface area contributed by atoms with Gasteiger partial charge in [0.15, 0.2) is 0 Å². The molecule has 0 unspecified atom stereocenters. The average Bonchev–Trinajstić information content (AvgIpc) is 3.57. The highest BCUT2D eigenvalue weighted by atomic mass is 15.1. The molecule has 0 fully saturated rings. The molecule has 1 aliphatic rings. The molecule has 0 saturated carbocycles. The average molecular weight is 792 g/mol. The topological polar surface area (TPSA) is 3.24 Å². The van der Waals surface area contributed by atoms with E-state index in [-0.39, 0.29) is 5.41 Å². The molecule has 0 bridgehead atoms. The summed E-state index contributed by atoms with van der Waals surface area (Å²) in [7, 11) is 0. The van der Waals surface area contributed by atoms with Gasteiger partial charge in [-0.05, 0) is 113 Å². The Morgan fingerprint density at radius 3 is 1.53 bits per heavy atom. The summed E-state index contributed by atoms with van der Waals surface area (Å²) in [5.41, 5.74) is 20.5.